The van der Waals surface area contributed by atoms with Gasteiger partial charge >= 0.3 is 0 Å². The quantitative estimate of drug-likeness (QED) is 0.401. The minimum absolute atomic E-state index is 0.264. The highest BCUT2D eigenvalue weighted by atomic mass is 19.1. The van der Waals surface area contributed by atoms with Crippen LogP contribution in [0.25, 0.3) is 11.1 Å². The van der Waals surface area contributed by atoms with Crippen LogP contribution in [0.2, 0.25) is 0 Å². The molecule has 0 fully saturated rings. The lowest BCUT2D eigenvalue weighted by molar-refractivity contribution is 0.102. The summed E-state index contributed by atoms with van der Waals surface area (Å²) in [5.74, 6) is -2.82. The molecule has 158 valence electrons. The van der Waals surface area contributed by atoms with Crippen molar-refractivity contribution >= 4 is 23.2 Å². The molecule has 2 N–H and O–H groups in total. The molecule has 4 nitrogen and oxygen atoms in total. The fraction of sp³-hybridized carbons (Fsp3) is 0. The topological polar surface area (TPSA) is 58.2 Å². The molecule has 0 atom stereocenters. The second-order valence-corrected chi connectivity index (χ2v) is 6.99. The number of halogens is 2. The molecule has 2 amide bonds. The minimum Gasteiger partial charge on any atom is -0.322 e. The number of hydrogen-bond donors (Lipinski definition) is 2. The van der Waals surface area contributed by atoms with Crippen LogP contribution in [0.5, 0.6) is 0 Å². The second kappa shape index (κ2) is 9.22. The number of carbonyl (C=O) groups is 2. The van der Waals surface area contributed by atoms with Crippen molar-refractivity contribution in [3.63, 3.8) is 0 Å². The highest BCUT2D eigenvalue weighted by Crippen LogP contribution is 2.28. The van der Waals surface area contributed by atoms with E-state index < -0.39 is 23.4 Å². The van der Waals surface area contributed by atoms with Crippen LogP contribution in [0.3, 0.4) is 0 Å². The van der Waals surface area contributed by atoms with Crippen LogP contribution >= 0.6 is 0 Å². The lowest BCUT2D eigenvalue weighted by Crippen LogP contribution is -2.19. The van der Waals surface area contributed by atoms with Gasteiger partial charge in [-0.15, -0.1) is 0 Å². The minimum atomic E-state index is -0.943. The molecule has 32 heavy (non-hydrogen) atoms. The molecule has 0 unspecified atom stereocenters. The van der Waals surface area contributed by atoms with E-state index in [-0.39, 0.29) is 11.1 Å². The van der Waals surface area contributed by atoms with Gasteiger partial charge in [0.15, 0.2) is 0 Å². The molecule has 4 aromatic rings. The largest absolute Gasteiger partial charge is 0.322 e. The summed E-state index contributed by atoms with van der Waals surface area (Å²) in [6, 6.07) is 25.8. The van der Waals surface area contributed by atoms with Crippen molar-refractivity contribution in [1.82, 2.24) is 0 Å². The molecule has 0 spiro atoms. The molecule has 0 aromatic heterocycles. The molecule has 0 bridgehead atoms. The third-order valence-electron chi connectivity index (χ3n) is 4.85. The summed E-state index contributed by atoms with van der Waals surface area (Å²) < 4.78 is 28.1. The molecule has 0 aliphatic carbocycles. The van der Waals surface area contributed by atoms with Crippen LogP contribution in [0.4, 0.5) is 20.2 Å². The van der Waals surface area contributed by atoms with Gasteiger partial charge in [0.1, 0.15) is 11.6 Å². The van der Waals surface area contributed by atoms with Crippen LogP contribution in [-0.4, -0.2) is 11.8 Å². The van der Waals surface area contributed by atoms with E-state index in [0.29, 0.717) is 11.4 Å². The Kier molecular flexibility index (Phi) is 6.03. The zero-order valence-corrected chi connectivity index (χ0v) is 16.8. The van der Waals surface area contributed by atoms with E-state index in [0.717, 1.165) is 11.1 Å². The summed E-state index contributed by atoms with van der Waals surface area (Å²) in [6.07, 6.45) is 0. The van der Waals surface area contributed by atoms with E-state index in [9.17, 15) is 14.0 Å². The lowest BCUT2D eigenvalue weighted by Gasteiger charge is -2.13. The van der Waals surface area contributed by atoms with Gasteiger partial charge in [-0.3, -0.25) is 9.59 Å². The Morgan fingerprint density at radius 2 is 1.19 bits per heavy atom. The van der Waals surface area contributed by atoms with E-state index in [1.54, 1.807) is 12.1 Å². The van der Waals surface area contributed by atoms with Gasteiger partial charge in [0, 0.05) is 16.9 Å². The van der Waals surface area contributed by atoms with Crippen molar-refractivity contribution < 1.29 is 18.4 Å². The summed E-state index contributed by atoms with van der Waals surface area (Å²) in [5, 5.41) is 5.23. The molecule has 0 aliphatic heterocycles. The molecule has 0 saturated heterocycles. The van der Waals surface area contributed by atoms with Crippen LogP contribution in [0.15, 0.2) is 97.1 Å². The number of carbonyl (C=O) groups excluding carboxylic acids is 2. The Hall–Kier alpha value is -4.32. The van der Waals surface area contributed by atoms with Gasteiger partial charge in [-0.05, 0) is 48.0 Å². The van der Waals surface area contributed by atoms with Gasteiger partial charge in [-0.25, -0.2) is 8.78 Å². The molecule has 4 rings (SSSR count). The fourth-order valence-electron chi connectivity index (χ4n) is 3.27. The molecular weight excluding hydrogens is 410 g/mol. The van der Waals surface area contributed by atoms with Crippen molar-refractivity contribution in [1.29, 1.82) is 0 Å². The van der Waals surface area contributed by atoms with E-state index in [1.807, 2.05) is 42.5 Å². The molecule has 0 radical (unpaired) electrons. The second-order valence-electron chi connectivity index (χ2n) is 6.99. The Balaban J connectivity index is 1.58. The number of nitrogens with one attached hydrogen (secondary N) is 2. The van der Waals surface area contributed by atoms with Crippen LogP contribution in [0, 0.1) is 11.6 Å². The van der Waals surface area contributed by atoms with Crippen molar-refractivity contribution in [2.75, 3.05) is 10.6 Å². The first-order valence-electron chi connectivity index (χ1n) is 9.84. The number of benzene rings is 4. The number of anilines is 2. The zero-order chi connectivity index (χ0) is 22.5. The van der Waals surface area contributed by atoms with Crippen LogP contribution in [-0.2, 0) is 0 Å². The number of rotatable bonds is 5. The number of amides is 2. The maximum absolute atomic E-state index is 15.1. The zero-order valence-electron chi connectivity index (χ0n) is 16.8. The Morgan fingerprint density at radius 1 is 0.594 bits per heavy atom. The van der Waals surface area contributed by atoms with E-state index >= 15 is 4.39 Å². The summed E-state index contributed by atoms with van der Waals surface area (Å²) in [5.41, 5.74) is 1.95. The molecule has 0 heterocycles. The van der Waals surface area contributed by atoms with Gasteiger partial charge in [0.05, 0.1) is 11.1 Å². The summed E-state index contributed by atoms with van der Waals surface area (Å²) >= 11 is 0. The van der Waals surface area contributed by atoms with Gasteiger partial charge in [-0.2, -0.15) is 0 Å². The highest BCUT2D eigenvalue weighted by molar-refractivity contribution is 6.10. The van der Waals surface area contributed by atoms with Crippen molar-refractivity contribution in [2.24, 2.45) is 0 Å². The van der Waals surface area contributed by atoms with Gasteiger partial charge in [-0.1, -0.05) is 54.6 Å². The van der Waals surface area contributed by atoms with Crippen LogP contribution < -0.4 is 10.6 Å². The highest BCUT2D eigenvalue weighted by Gasteiger charge is 2.20. The SMILES string of the molecule is O=C(Nc1ccc(F)cc1)c1cccc(C(=O)Nc2ccccc2-c2ccccc2)c1F. The Morgan fingerprint density at radius 3 is 1.88 bits per heavy atom. The number of para-hydroxylation sites is 1. The van der Waals surface area contributed by atoms with Gasteiger partial charge in [0.25, 0.3) is 11.8 Å². The molecule has 6 heteroatoms. The molecular formula is C26H18F2N2O2. The predicted octanol–water partition coefficient (Wildman–Crippen LogP) is 6.14. The smallest absolute Gasteiger partial charge is 0.258 e. The molecule has 0 saturated carbocycles. The predicted molar refractivity (Wildman–Crippen MR) is 121 cm³/mol. The maximum atomic E-state index is 15.1. The molecule has 4 aromatic carbocycles. The van der Waals surface area contributed by atoms with Gasteiger partial charge < -0.3 is 10.6 Å². The van der Waals surface area contributed by atoms with Crippen molar-refractivity contribution in [3.8, 4) is 11.1 Å². The fourth-order valence-corrected chi connectivity index (χ4v) is 3.27. The van der Waals surface area contributed by atoms with Crippen molar-refractivity contribution in [3.05, 3.63) is 120 Å². The van der Waals surface area contributed by atoms with Crippen molar-refractivity contribution in [2.45, 2.75) is 0 Å². The molecule has 0 aliphatic rings. The third kappa shape index (κ3) is 4.54. The standard InChI is InChI=1S/C26H18F2N2O2/c27-18-13-15-19(16-14-18)29-25(31)21-10-6-11-22(24(21)28)26(32)30-23-12-5-4-9-20(23)17-7-2-1-3-8-17/h1-16H,(H,29,31)(H,30,32). The monoisotopic (exact) mass is 428 g/mol. The summed E-state index contributed by atoms with van der Waals surface area (Å²) in [6.45, 7) is 0. The first-order valence-corrected chi connectivity index (χ1v) is 9.84. The first-order chi connectivity index (χ1) is 15.5. The van der Waals surface area contributed by atoms with E-state index in [4.69, 9.17) is 0 Å². The number of hydrogen-bond acceptors (Lipinski definition) is 2. The third-order valence-corrected chi connectivity index (χ3v) is 4.85. The van der Waals surface area contributed by atoms with Gasteiger partial charge in [0.2, 0.25) is 0 Å². The Labute approximate surface area is 183 Å². The summed E-state index contributed by atoms with van der Waals surface area (Å²) in [4.78, 5) is 25.4. The maximum Gasteiger partial charge on any atom is 0.258 e. The Bertz CT molecular complexity index is 1270. The van der Waals surface area contributed by atoms with Crippen LogP contribution in [0.1, 0.15) is 20.7 Å². The normalized spacial score (nSPS) is 10.4. The lowest BCUT2D eigenvalue weighted by atomic mass is 10.0. The summed E-state index contributed by atoms with van der Waals surface area (Å²) in [7, 11) is 0. The van der Waals surface area contributed by atoms with E-state index in [1.165, 1.54) is 42.5 Å². The van der Waals surface area contributed by atoms with E-state index in [2.05, 4.69) is 10.6 Å². The average Bonchev–Trinajstić information content (AvgIpc) is 2.81. The first kappa shape index (κ1) is 20.9. The average molecular weight is 428 g/mol.